The smallest absolute Gasteiger partial charge is 0.179 e. The quantitative estimate of drug-likeness (QED) is 0.536. The molecule has 0 atom stereocenters. The Kier molecular flexibility index (Phi) is 2.76. The summed E-state index contributed by atoms with van der Waals surface area (Å²) in [5.74, 6) is 1.63. The molecule has 2 heteroatoms. The lowest BCUT2D eigenvalue weighted by Crippen LogP contribution is -2.31. The fourth-order valence-corrected chi connectivity index (χ4v) is 1.67. The summed E-state index contributed by atoms with van der Waals surface area (Å²) in [6, 6.07) is 0. The van der Waals surface area contributed by atoms with E-state index in [0.29, 0.717) is 0 Å². The molecule has 1 fully saturated rings. The van der Waals surface area contributed by atoms with Gasteiger partial charge in [0.2, 0.25) is 0 Å². The van der Waals surface area contributed by atoms with E-state index in [0.717, 1.165) is 24.9 Å². The van der Waals surface area contributed by atoms with E-state index in [9.17, 15) is 0 Å². The predicted molar refractivity (Wildman–Crippen MR) is 44.7 cm³/mol. The molecule has 0 radical (unpaired) electrons. The van der Waals surface area contributed by atoms with Crippen molar-refractivity contribution in [1.82, 2.24) is 4.90 Å². The summed E-state index contributed by atoms with van der Waals surface area (Å²) in [7, 11) is 0. The number of hydrogen-bond acceptors (Lipinski definition) is 2. The van der Waals surface area contributed by atoms with Crippen molar-refractivity contribution >= 4 is 0 Å². The second-order valence-electron chi connectivity index (χ2n) is 3.67. The number of nitriles is 1. The van der Waals surface area contributed by atoms with Crippen molar-refractivity contribution in [1.29, 1.82) is 5.26 Å². The summed E-state index contributed by atoms with van der Waals surface area (Å²) >= 11 is 0. The van der Waals surface area contributed by atoms with Crippen LogP contribution in [0.25, 0.3) is 0 Å². The van der Waals surface area contributed by atoms with Gasteiger partial charge in [-0.15, -0.1) is 0 Å². The zero-order valence-electron chi connectivity index (χ0n) is 7.38. The van der Waals surface area contributed by atoms with Crippen molar-refractivity contribution in [3.8, 4) is 6.19 Å². The Balaban J connectivity index is 2.31. The highest BCUT2D eigenvalue weighted by Crippen LogP contribution is 2.23. The maximum absolute atomic E-state index is 8.59. The average molecular weight is 152 g/mol. The SMILES string of the molecule is CC(C)C1CCN(C#N)CC1. The number of rotatable bonds is 1. The number of hydrogen-bond donors (Lipinski definition) is 0. The van der Waals surface area contributed by atoms with E-state index in [1.165, 1.54) is 12.8 Å². The summed E-state index contributed by atoms with van der Waals surface area (Å²) in [5, 5.41) is 8.59. The van der Waals surface area contributed by atoms with E-state index >= 15 is 0 Å². The Bertz CT molecular complexity index is 149. The molecule has 1 rings (SSSR count). The molecule has 1 heterocycles. The van der Waals surface area contributed by atoms with E-state index in [4.69, 9.17) is 5.26 Å². The Morgan fingerprint density at radius 3 is 2.27 bits per heavy atom. The Morgan fingerprint density at radius 1 is 1.36 bits per heavy atom. The molecule has 62 valence electrons. The molecule has 1 aliphatic rings. The standard InChI is InChI=1S/C9H16N2/c1-8(2)9-3-5-11(7-10)6-4-9/h8-9H,3-6H2,1-2H3. The molecule has 11 heavy (non-hydrogen) atoms. The van der Waals surface area contributed by atoms with Gasteiger partial charge in [0.15, 0.2) is 6.19 Å². The molecule has 0 aromatic carbocycles. The third-order valence-electron chi connectivity index (χ3n) is 2.62. The van der Waals surface area contributed by atoms with Gasteiger partial charge in [-0.3, -0.25) is 0 Å². The van der Waals surface area contributed by atoms with Gasteiger partial charge < -0.3 is 4.90 Å². The molecule has 1 aliphatic heterocycles. The maximum atomic E-state index is 8.59. The van der Waals surface area contributed by atoms with Gasteiger partial charge in [0.25, 0.3) is 0 Å². The van der Waals surface area contributed by atoms with Crippen LogP contribution in [0, 0.1) is 23.3 Å². The van der Waals surface area contributed by atoms with Crippen LogP contribution in [0.2, 0.25) is 0 Å². The summed E-state index contributed by atoms with van der Waals surface area (Å²) in [6.07, 6.45) is 4.60. The molecule has 0 bridgehead atoms. The fourth-order valence-electron chi connectivity index (χ4n) is 1.67. The second-order valence-corrected chi connectivity index (χ2v) is 3.67. The van der Waals surface area contributed by atoms with E-state index < -0.39 is 0 Å². The topological polar surface area (TPSA) is 27.0 Å². The fraction of sp³-hybridized carbons (Fsp3) is 0.889. The lowest BCUT2D eigenvalue weighted by atomic mass is 9.87. The van der Waals surface area contributed by atoms with E-state index in [1.54, 1.807) is 0 Å². The van der Waals surface area contributed by atoms with Gasteiger partial charge in [-0.25, -0.2) is 0 Å². The zero-order chi connectivity index (χ0) is 8.27. The van der Waals surface area contributed by atoms with Crippen LogP contribution in [0.3, 0.4) is 0 Å². The van der Waals surface area contributed by atoms with Crippen LogP contribution < -0.4 is 0 Å². The predicted octanol–water partition coefficient (Wildman–Crippen LogP) is 1.84. The molecule has 1 saturated heterocycles. The van der Waals surface area contributed by atoms with Crippen molar-refractivity contribution in [2.45, 2.75) is 26.7 Å². The summed E-state index contributed by atoms with van der Waals surface area (Å²) in [4.78, 5) is 1.86. The largest absolute Gasteiger partial charge is 0.311 e. The van der Waals surface area contributed by atoms with Gasteiger partial charge in [-0.05, 0) is 24.7 Å². The first kappa shape index (κ1) is 8.39. The molecule has 0 aliphatic carbocycles. The Hall–Kier alpha value is -0.710. The average Bonchev–Trinajstić information content (AvgIpc) is 2.05. The molecule has 0 amide bonds. The van der Waals surface area contributed by atoms with Crippen molar-refractivity contribution in [3.05, 3.63) is 0 Å². The van der Waals surface area contributed by atoms with Gasteiger partial charge in [-0.2, -0.15) is 5.26 Å². The minimum absolute atomic E-state index is 0.788. The first-order valence-electron chi connectivity index (χ1n) is 4.38. The van der Waals surface area contributed by atoms with Crippen molar-refractivity contribution in [2.24, 2.45) is 11.8 Å². The third kappa shape index (κ3) is 2.11. The minimum Gasteiger partial charge on any atom is -0.311 e. The lowest BCUT2D eigenvalue weighted by Gasteiger charge is -2.30. The molecule has 2 nitrogen and oxygen atoms in total. The maximum Gasteiger partial charge on any atom is 0.179 e. The monoisotopic (exact) mass is 152 g/mol. The minimum atomic E-state index is 0.788. The van der Waals surface area contributed by atoms with Crippen LogP contribution in [-0.2, 0) is 0 Å². The molecule has 0 aromatic heterocycles. The van der Waals surface area contributed by atoms with Crippen LogP contribution in [0.15, 0.2) is 0 Å². The van der Waals surface area contributed by atoms with Gasteiger partial charge in [0.05, 0.1) is 0 Å². The van der Waals surface area contributed by atoms with Gasteiger partial charge in [0, 0.05) is 13.1 Å². The van der Waals surface area contributed by atoms with E-state index in [1.807, 2.05) is 4.90 Å². The number of piperidine rings is 1. The molecule has 0 unspecified atom stereocenters. The highest BCUT2D eigenvalue weighted by molar-refractivity contribution is 4.81. The lowest BCUT2D eigenvalue weighted by molar-refractivity contribution is 0.209. The van der Waals surface area contributed by atoms with Gasteiger partial charge in [-0.1, -0.05) is 13.8 Å². The summed E-state index contributed by atoms with van der Waals surface area (Å²) in [6.45, 7) is 6.48. The Labute approximate surface area is 68.8 Å². The second kappa shape index (κ2) is 3.61. The van der Waals surface area contributed by atoms with Crippen LogP contribution in [0.1, 0.15) is 26.7 Å². The Morgan fingerprint density at radius 2 is 1.91 bits per heavy atom. The number of likely N-dealkylation sites (tertiary alicyclic amines) is 1. The summed E-state index contributed by atoms with van der Waals surface area (Å²) < 4.78 is 0. The highest BCUT2D eigenvalue weighted by atomic mass is 15.1. The van der Waals surface area contributed by atoms with E-state index in [2.05, 4.69) is 20.0 Å². The van der Waals surface area contributed by atoms with Crippen molar-refractivity contribution < 1.29 is 0 Å². The van der Waals surface area contributed by atoms with Gasteiger partial charge >= 0.3 is 0 Å². The van der Waals surface area contributed by atoms with Crippen LogP contribution in [0.5, 0.6) is 0 Å². The normalized spacial score (nSPS) is 20.4. The van der Waals surface area contributed by atoms with Crippen molar-refractivity contribution in [2.75, 3.05) is 13.1 Å². The third-order valence-corrected chi connectivity index (χ3v) is 2.62. The number of nitrogens with zero attached hydrogens (tertiary/aromatic N) is 2. The molecule has 0 spiro atoms. The van der Waals surface area contributed by atoms with Crippen LogP contribution in [-0.4, -0.2) is 18.0 Å². The molecule has 0 N–H and O–H groups in total. The van der Waals surface area contributed by atoms with Crippen molar-refractivity contribution in [3.63, 3.8) is 0 Å². The van der Waals surface area contributed by atoms with E-state index in [-0.39, 0.29) is 0 Å². The zero-order valence-corrected chi connectivity index (χ0v) is 7.38. The first-order chi connectivity index (χ1) is 5.24. The first-order valence-corrected chi connectivity index (χ1v) is 4.38. The van der Waals surface area contributed by atoms with Crippen LogP contribution >= 0.6 is 0 Å². The van der Waals surface area contributed by atoms with Crippen LogP contribution in [0.4, 0.5) is 0 Å². The highest BCUT2D eigenvalue weighted by Gasteiger charge is 2.20. The van der Waals surface area contributed by atoms with Gasteiger partial charge in [0.1, 0.15) is 0 Å². The molecule has 0 aromatic rings. The molecular formula is C9H16N2. The summed E-state index contributed by atoms with van der Waals surface area (Å²) in [5.41, 5.74) is 0. The molecular weight excluding hydrogens is 136 g/mol. The molecule has 0 saturated carbocycles.